The highest BCUT2D eigenvalue weighted by atomic mass is 79.9. The van der Waals surface area contributed by atoms with Crippen LogP contribution in [0.4, 0.5) is 4.39 Å². The first kappa shape index (κ1) is 36.0. The van der Waals surface area contributed by atoms with E-state index < -0.39 is 46.6 Å². The van der Waals surface area contributed by atoms with Crippen molar-refractivity contribution in [3.05, 3.63) is 43.9 Å². The fourth-order valence-corrected chi connectivity index (χ4v) is 8.95. The van der Waals surface area contributed by atoms with E-state index in [0.717, 1.165) is 45.1 Å². The number of carbonyl (C=O) groups is 2. The van der Waals surface area contributed by atoms with E-state index in [1.807, 2.05) is 13.8 Å². The van der Waals surface area contributed by atoms with Crippen LogP contribution in [0, 0.1) is 17.7 Å². The first-order chi connectivity index (χ1) is 23.3. The highest BCUT2D eigenvalue weighted by Crippen LogP contribution is 2.57. The van der Waals surface area contributed by atoms with E-state index in [2.05, 4.69) is 39.8 Å². The quantitative estimate of drug-likeness (QED) is 0.184. The van der Waals surface area contributed by atoms with E-state index in [1.165, 1.54) is 0 Å². The van der Waals surface area contributed by atoms with E-state index in [-0.39, 0.29) is 64.6 Å². The van der Waals surface area contributed by atoms with Crippen molar-refractivity contribution >= 4 is 33.3 Å². The van der Waals surface area contributed by atoms with Gasteiger partial charge < -0.3 is 24.2 Å². The number of aliphatic hydroxyl groups excluding tert-OH is 1. The molecule has 49 heavy (non-hydrogen) atoms. The van der Waals surface area contributed by atoms with Gasteiger partial charge in [0.05, 0.1) is 29.3 Å². The molecule has 1 saturated heterocycles. The Bertz CT molecular complexity index is 1670. The van der Waals surface area contributed by atoms with Gasteiger partial charge in [-0.2, -0.15) is 0 Å². The van der Waals surface area contributed by atoms with Crippen molar-refractivity contribution < 1.29 is 38.2 Å². The average Bonchev–Trinajstić information content (AvgIpc) is 3.46. The molecule has 2 heterocycles. The molecule has 2 N–H and O–H groups in total. The third-order valence-electron chi connectivity index (χ3n) is 11.2. The Labute approximate surface area is 296 Å². The Kier molecular flexibility index (Phi) is 10.1. The summed E-state index contributed by atoms with van der Waals surface area (Å²) in [5.41, 5.74) is -1.94. The molecule has 1 aliphatic heterocycles. The van der Waals surface area contributed by atoms with E-state index in [4.69, 9.17) is 14.0 Å². The van der Waals surface area contributed by atoms with Crippen LogP contribution in [-0.2, 0) is 17.8 Å². The zero-order valence-electron chi connectivity index (χ0n) is 29.5. The number of aromatic nitrogens is 1. The molecule has 10 nitrogen and oxygen atoms in total. The van der Waals surface area contributed by atoms with Gasteiger partial charge in [-0.05, 0) is 100 Å². The molecule has 12 heteroatoms. The van der Waals surface area contributed by atoms with Gasteiger partial charge in [0.25, 0.3) is 5.88 Å². The van der Waals surface area contributed by atoms with Crippen LogP contribution < -0.4 is 9.47 Å². The minimum absolute atomic E-state index is 0.0562. The summed E-state index contributed by atoms with van der Waals surface area (Å²) in [5.74, 6) is -3.82. The van der Waals surface area contributed by atoms with Gasteiger partial charge in [-0.15, -0.1) is 0 Å². The molecule has 0 bridgehead atoms. The normalized spacial score (nSPS) is 26.4. The summed E-state index contributed by atoms with van der Waals surface area (Å²) < 4.78 is 35.1. The molecule has 1 saturated carbocycles. The number of carbonyl (C=O) groups excluding carboxylic acids is 2. The third kappa shape index (κ3) is 5.84. The molecule has 0 amide bonds. The molecule has 4 atom stereocenters. The van der Waals surface area contributed by atoms with Crippen LogP contribution in [0.25, 0.3) is 5.76 Å². The summed E-state index contributed by atoms with van der Waals surface area (Å²) in [6, 6.07) is -0.706. The Hall–Kier alpha value is -2.80. The van der Waals surface area contributed by atoms with Gasteiger partial charge in [0.2, 0.25) is 11.6 Å². The number of benzene rings is 1. The number of nitrogens with zero attached hydrogens (tertiary/aromatic N) is 3. The molecule has 0 spiro atoms. The number of ether oxygens (including phenoxy) is 2. The summed E-state index contributed by atoms with van der Waals surface area (Å²) in [7, 11) is 3.56. The average molecular weight is 747 g/mol. The maximum absolute atomic E-state index is 16.9. The number of aliphatic hydroxyl groups is 2. The van der Waals surface area contributed by atoms with E-state index in [9.17, 15) is 19.8 Å². The first-order valence-electron chi connectivity index (χ1n) is 17.7. The molecule has 0 unspecified atom stereocenters. The number of likely N-dealkylation sites (tertiary alicyclic amines) is 1. The number of halogens is 2. The number of hydrogen-bond acceptors (Lipinski definition) is 10. The predicted octanol–water partition coefficient (Wildman–Crippen LogP) is 6.96. The standard InChI is InChI=1S/C37H49BrFN3O7/c1-7-9-15-47-31-25-21(28(39)22(27(31)38)19-42-14-12-11-13-36(42,3)4)17-20-18-23-29(41(5)6)32-26(35(40-49-32)48-16-10-8-2)34(45)37(23,46)33(44)24(20)30(25)43/h20,23,29,43,46H,7-19H2,1-6H3/t20-,23-,29-,37-/m0/s1. The van der Waals surface area contributed by atoms with E-state index in [0.29, 0.717) is 29.6 Å². The molecule has 1 aromatic carbocycles. The molecule has 6 rings (SSSR count). The van der Waals surface area contributed by atoms with Crippen molar-refractivity contribution in [2.45, 2.75) is 109 Å². The second kappa shape index (κ2) is 13.7. The maximum atomic E-state index is 16.9. The fraction of sp³-hybridized carbons (Fsp3) is 0.649. The number of fused-ring (bicyclic) bond motifs is 4. The molecule has 2 fully saturated rings. The van der Waals surface area contributed by atoms with Crippen molar-refractivity contribution in [3.8, 4) is 11.6 Å². The number of ketones is 2. The number of Topliss-reactive ketones (excluding diaryl/α,β-unsaturated/α-hetero) is 2. The summed E-state index contributed by atoms with van der Waals surface area (Å²) >= 11 is 3.65. The van der Waals surface area contributed by atoms with Crippen molar-refractivity contribution in [2.75, 3.05) is 33.9 Å². The Morgan fingerprint density at radius 3 is 2.43 bits per heavy atom. The van der Waals surface area contributed by atoms with Crippen molar-refractivity contribution in [1.29, 1.82) is 0 Å². The van der Waals surface area contributed by atoms with Crippen LogP contribution in [0.3, 0.4) is 0 Å². The Morgan fingerprint density at radius 2 is 1.78 bits per heavy atom. The van der Waals surface area contributed by atoms with Gasteiger partial charge in [-0.1, -0.05) is 33.1 Å². The third-order valence-corrected chi connectivity index (χ3v) is 12.0. The van der Waals surface area contributed by atoms with Crippen LogP contribution in [0.1, 0.15) is 118 Å². The maximum Gasteiger partial charge on any atom is 0.265 e. The molecule has 1 aromatic heterocycles. The van der Waals surface area contributed by atoms with E-state index in [1.54, 1.807) is 19.0 Å². The number of rotatable bonds is 11. The predicted molar refractivity (Wildman–Crippen MR) is 185 cm³/mol. The number of unbranched alkanes of at least 4 members (excludes halogenated alkanes) is 2. The van der Waals surface area contributed by atoms with Crippen LogP contribution >= 0.6 is 15.9 Å². The smallest absolute Gasteiger partial charge is 0.265 e. The van der Waals surface area contributed by atoms with Crippen LogP contribution in [-0.4, -0.2) is 81.7 Å². The minimum atomic E-state index is -2.52. The highest BCUT2D eigenvalue weighted by molar-refractivity contribution is 9.10. The Morgan fingerprint density at radius 1 is 1.08 bits per heavy atom. The van der Waals surface area contributed by atoms with Gasteiger partial charge in [0, 0.05) is 34.7 Å². The summed E-state index contributed by atoms with van der Waals surface area (Å²) in [5, 5.41) is 28.4. The second-order valence-corrected chi connectivity index (χ2v) is 15.7. The summed E-state index contributed by atoms with van der Waals surface area (Å²) in [6.07, 6.45) is 6.53. The highest BCUT2D eigenvalue weighted by Gasteiger charge is 2.65. The lowest BCUT2D eigenvalue weighted by Crippen LogP contribution is -2.63. The van der Waals surface area contributed by atoms with Crippen LogP contribution in [0.5, 0.6) is 11.6 Å². The molecule has 2 aromatic rings. The molecular formula is C37H49BrFN3O7. The lowest BCUT2D eigenvalue weighted by Gasteiger charge is -2.49. The van der Waals surface area contributed by atoms with Gasteiger partial charge in [-0.3, -0.25) is 19.4 Å². The molecule has 3 aliphatic carbocycles. The topological polar surface area (TPSA) is 126 Å². The van der Waals surface area contributed by atoms with Gasteiger partial charge >= 0.3 is 0 Å². The lowest BCUT2D eigenvalue weighted by molar-refractivity contribution is -0.142. The number of piperidine rings is 1. The number of hydrogen-bond donors (Lipinski definition) is 2. The van der Waals surface area contributed by atoms with E-state index >= 15 is 4.39 Å². The fourth-order valence-electron chi connectivity index (χ4n) is 8.34. The zero-order chi connectivity index (χ0) is 35.4. The minimum Gasteiger partial charge on any atom is -0.507 e. The first-order valence-corrected chi connectivity index (χ1v) is 18.5. The Balaban J connectivity index is 1.48. The van der Waals surface area contributed by atoms with Crippen molar-refractivity contribution in [1.82, 2.24) is 15.0 Å². The SMILES string of the molecule is CCCCOc1noc2c1C(=O)[C@@]1(O)C(=O)C3=C(O)c4c(c(F)c(CN5CCCCC5(C)C)c(Br)c4OCCCC)C[C@H]3C[C@H]1[C@@H]2N(C)C. The molecule has 268 valence electrons. The summed E-state index contributed by atoms with van der Waals surface area (Å²) in [6.45, 7) is 10.2. The summed E-state index contributed by atoms with van der Waals surface area (Å²) in [4.78, 5) is 32.9. The van der Waals surface area contributed by atoms with Crippen LogP contribution in [0.15, 0.2) is 14.6 Å². The van der Waals surface area contributed by atoms with Crippen molar-refractivity contribution in [3.63, 3.8) is 0 Å². The van der Waals surface area contributed by atoms with Gasteiger partial charge in [-0.25, -0.2) is 4.39 Å². The zero-order valence-corrected chi connectivity index (χ0v) is 31.0. The van der Waals surface area contributed by atoms with Crippen molar-refractivity contribution in [2.24, 2.45) is 11.8 Å². The van der Waals surface area contributed by atoms with Gasteiger partial charge in [0.1, 0.15) is 22.9 Å². The molecule has 0 radical (unpaired) electrons. The molecule has 4 aliphatic rings. The second-order valence-electron chi connectivity index (χ2n) is 14.9. The molecular weight excluding hydrogens is 697 g/mol. The monoisotopic (exact) mass is 745 g/mol. The largest absolute Gasteiger partial charge is 0.507 e. The lowest BCUT2D eigenvalue weighted by atomic mass is 9.57. The van der Waals surface area contributed by atoms with Crippen LogP contribution in [0.2, 0.25) is 0 Å². The van der Waals surface area contributed by atoms with Gasteiger partial charge in [0.15, 0.2) is 11.4 Å².